The Labute approximate surface area is 203 Å². The molecule has 2 aliphatic heterocycles. The number of hydrogen-bond acceptors (Lipinski definition) is 3. The SMILES string of the molecule is Cl.[2H]c1[nH]c2cc(C(=O)N(CC)CC(=O)N3CCC(C4CCN(C)CC4)CC3)ccc2c1Cl. The summed E-state index contributed by atoms with van der Waals surface area (Å²) < 4.78 is 7.81. The van der Waals surface area contributed by atoms with Gasteiger partial charge in [-0.05, 0) is 76.7 Å². The van der Waals surface area contributed by atoms with Crippen LogP contribution in [0.25, 0.3) is 10.9 Å². The van der Waals surface area contributed by atoms with E-state index in [2.05, 4.69) is 16.9 Å². The van der Waals surface area contributed by atoms with Gasteiger partial charge in [0, 0.05) is 42.3 Å². The predicted molar refractivity (Wildman–Crippen MR) is 132 cm³/mol. The van der Waals surface area contributed by atoms with E-state index >= 15 is 0 Å². The lowest BCUT2D eigenvalue weighted by atomic mass is 9.79. The number of carbonyl (C=O) groups is 2. The number of H-pyrrole nitrogens is 1. The summed E-state index contributed by atoms with van der Waals surface area (Å²) in [7, 11) is 2.19. The van der Waals surface area contributed by atoms with E-state index in [1.165, 1.54) is 25.9 Å². The maximum absolute atomic E-state index is 13.1. The molecule has 2 saturated heterocycles. The van der Waals surface area contributed by atoms with Crippen LogP contribution in [0, 0.1) is 11.8 Å². The molecule has 0 bridgehead atoms. The number of likely N-dealkylation sites (tertiary alicyclic amines) is 2. The quantitative estimate of drug-likeness (QED) is 0.692. The number of hydrogen-bond donors (Lipinski definition) is 1. The zero-order chi connectivity index (χ0) is 22.8. The molecule has 2 fully saturated rings. The molecule has 0 radical (unpaired) electrons. The van der Waals surface area contributed by atoms with E-state index in [-0.39, 0.29) is 36.9 Å². The summed E-state index contributed by atoms with van der Waals surface area (Å²) in [5.41, 5.74) is 1.15. The van der Waals surface area contributed by atoms with Gasteiger partial charge in [0.2, 0.25) is 5.91 Å². The van der Waals surface area contributed by atoms with Gasteiger partial charge in [0.15, 0.2) is 0 Å². The normalized spacial score (nSPS) is 19.0. The van der Waals surface area contributed by atoms with Crippen molar-refractivity contribution in [1.29, 1.82) is 0 Å². The fraction of sp³-hybridized carbons (Fsp3) is 0.583. The van der Waals surface area contributed by atoms with E-state index in [1.54, 1.807) is 23.1 Å². The second-order valence-corrected chi connectivity index (χ2v) is 9.38. The Morgan fingerprint density at radius 1 is 1.16 bits per heavy atom. The largest absolute Gasteiger partial charge is 0.360 e. The van der Waals surface area contributed by atoms with Crippen molar-refractivity contribution in [2.75, 3.05) is 46.3 Å². The average Bonchev–Trinajstić information content (AvgIpc) is 3.10. The van der Waals surface area contributed by atoms with Gasteiger partial charge in [0.25, 0.3) is 5.91 Å². The van der Waals surface area contributed by atoms with Crippen LogP contribution in [0.1, 0.15) is 44.3 Å². The summed E-state index contributed by atoms with van der Waals surface area (Å²) >= 11 is 6.12. The molecular weight excluding hydrogens is 447 g/mol. The molecule has 2 aromatic rings. The first-order chi connectivity index (χ1) is 15.4. The molecule has 8 heteroatoms. The minimum Gasteiger partial charge on any atom is -0.360 e. The lowest BCUT2D eigenvalue weighted by Gasteiger charge is -2.39. The molecular formula is C24H34Cl2N4O2. The fourth-order valence-corrected chi connectivity index (χ4v) is 5.27. The lowest BCUT2D eigenvalue weighted by molar-refractivity contribution is -0.133. The molecule has 2 aliphatic rings. The average molecular weight is 482 g/mol. The summed E-state index contributed by atoms with van der Waals surface area (Å²) in [6, 6.07) is 5.18. The van der Waals surface area contributed by atoms with Gasteiger partial charge in [-0.15, -0.1) is 12.4 Å². The molecule has 2 amide bonds. The number of fused-ring (bicyclic) bond motifs is 1. The highest BCUT2D eigenvalue weighted by molar-refractivity contribution is 6.35. The number of nitrogens with zero attached hydrogens (tertiary/aromatic N) is 3. The van der Waals surface area contributed by atoms with Crippen LogP contribution in [-0.4, -0.2) is 77.8 Å². The Balaban J connectivity index is 0.00000306. The van der Waals surface area contributed by atoms with E-state index < -0.39 is 0 Å². The topological polar surface area (TPSA) is 59.7 Å². The van der Waals surface area contributed by atoms with Gasteiger partial charge < -0.3 is 19.7 Å². The highest BCUT2D eigenvalue weighted by atomic mass is 35.5. The van der Waals surface area contributed by atoms with Crippen LogP contribution in [0.4, 0.5) is 0 Å². The van der Waals surface area contributed by atoms with E-state index in [9.17, 15) is 9.59 Å². The zero-order valence-electron chi connectivity index (χ0n) is 19.9. The number of aromatic nitrogens is 1. The van der Waals surface area contributed by atoms with E-state index in [1.807, 2.05) is 11.8 Å². The first-order valence-corrected chi connectivity index (χ1v) is 11.8. The minimum atomic E-state index is -0.179. The van der Waals surface area contributed by atoms with Crippen molar-refractivity contribution in [2.24, 2.45) is 11.8 Å². The number of rotatable bonds is 5. The molecule has 0 spiro atoms. The number of piperidine rings is 2. The number of benzene rings is 1. The van der Waals surface area contributed by atoms with Crippen LogP contribution in [0.3, 0.4) is 0 Å². The third kappa shape index (κ3) is 5.41. The maximum atomic E-state index is 13.1. The first kappa shape index (κ1) is 23.4. The summed E-state index contributed by atoms with van der Waals surface area (Å²) in [6.07, 6.45) is 4.81. The molecule has 0 unspecified atom stereocenters. The van der Waals surface area contributed by atoms with E-state index in [0.29, 0.717) is 22.6 Å². The number of carbonyl (C=O) groups excluding carboxylic acids is 2. The standard InChI is InChI=1S/C24H33ClN4O2.ClH/c1-3-28(24(31)19-4-5-20-21(25)15-26-22(20)14-19)16-23(30)29-12-8-18(9-13-29)17-6-10-27(2)11-7-17;/h4-5,14-15,17-18,26H,3,6-13,16H2,1-2H3;1H/i15D;. The zero-order valence-corrected chi connectivity index (χ0v) is 20.5. The second-order valence-electron chi connectivity index (χ2n) is 9.00. The lowest BCUT2D eigenvalue weighted by Crippen LogP contribution is -2.47. The number of nitrogens with one attached hydrogen (secondary N) is 1. The Morgan fingerprint density at radius 2 is 1.78 bits per heavy atom. The van der Waals surface area contributed by atoms with Gasteiger partial charge in [-0.3, -0.25) is 9.59 Å². The van der Waals surface area contributed by atoms with Crippen LogP contribution in [0.15, 0.2) is 24.4 Å². The monoisotopic (exact) mass is 481 g/mol. The summed E-state index contributed by atoms with van der Waals surface area (Å²) in [4.78, 5) is 34.9. The molecule has 0 saturated carbocycles. The molecule has 6 nitrogen and oxygen atoms in total. The van der Waals surface area contributed by atoms with Crippen molar-refractivity contribution < 1.29 is 11.0 Å². The molecule has 3 heterocycles. The molecule has 176 valence electrons. The van der Waals surface area contributed by atoms with Gasteiger partial charge in [-0.2, -0.15) is 0 Å². The van der Waals surface area contributed by atoms with Crippen LogP contribution < -0.4 is 0 Å². The number of likely N-dealkylation sites (N-methyl/N-ethyl adjacent to an activating group) is 1. The number of halogens is 2. The highest BCUT2D eigenvalue weighted by Gasteiger charge is 2.31. The van der Waals surface area contributed by atoms with Crippen molar-refractivity contribution in [3.05, 3.63) is 35.0 Å². The molecule has 0 aliphatic carbocycles. The Kier molecular flexibility index (Phi) is 7.98. The molecule has 1 aromatic carbocycles. The van der Waals surface area contributed by atoms with Gasteiger partial charge >= 0.3 is 0 Å². The maximum Gasteiger partial charge on any atom is 0.254 e. The Morgan fingerprint density at radius 3 is 2.41 bits per heavy atom. The minimum absolute atomic E-state index is 0. The van der Waals surface area contributed by atoms with Crippen molar-refractivity contribution in [2.45, 2.75) is 32.6 Å². The highest BCUT2D eigenvalue weighted by Crippen LogP contribution is 2.32. The van der Waals surface area contributed by atoms with E-state index in [4.69, 9.17) is 13.0 Å². The van der Waals surface area contributed by atoms with Crippen molar-refractivity contribution in [3.63, 3.8) is 0 Å². The summed E-state index contributed by atoms with van der Waals surface area (Å²) in [5, 5.41) is 1.07. The van der Waals surface area contributed by atoms with Crippen molar-refractivity contribution in [3.8, 4) is 0 Å². The third-order valence-electron chi connectivity index (χ3n) is 7.13. The van der Waals surface area contributed by atoms with E-state index in [0.717, 1.165) is 43.2 Å². The van der Waals surface area contributed by atoms with Crippen molar-refractivity contribution >= 4 is 46.7 Å². The first-order valence-electron chi connectivity index (χ1n) is 11.9. The molecule has 1 N–H and O–H groups in total. The Bertz CT molecular complexity index is 982. The van der Waals surface area contributed by atoms with Gasteiger partial charge in [0.1, 0.15) is 6.54 Å². The Hall–Kier alpha value is -1.76. The smallest absolute Gasteiger partial charge is 0.254 e. The fourth-order valence-electron chi connectivity index (χ4n) is 5.05. The molecule has 4 rings (SSSR count). The van der Waals surface area contributed by atoms with Gasteiger partial charge in [-0.1, -0.05) is 17.7 Å². The second kappa shape index (κ2) is 10.9. The van der Waals surface area contributed by atoms with Crippen LogP contribution in [0.2, 0.25) is 5.02 Å². The van der Waals surface area contributed by atoms with Crippen LogP contribution in [-0.2, 0) is 4.79 Å². The van der Waals surface area contributed by atoms with Gasteiger partial charge in [0.05, 0.1) is 6.39 Å². The number of amides is 2. The predicted octanol–water partition coefficient (Wildman–Crippen LogP) is 4.29. The molecule has 1 aromatic heterocycles. The number of aromatic amines is 1. The van der Waals surface area contributed by atoms with Gasteiger partial charge in [-0.25, -0.2) is 0 Å². The van der Waals surface area contributed by atoms with Crippen molar-refractivity contribution in [1.82, 2.24) is 19.7 Å². The van der Waals surface area contributed by atoms with Crippen LogP contribution >= 0.6 is 24.0 Å². The third-order valence-corrected chi connectivity index (χ3v) is 7.43. The summed E-state index contributed by atoms with van der Waals surface area (Å²) in [5.74, 6) is 1.36. The summed E-state index contributed by atoms with van der Waals surface area (Å²) in [6.45, 7) is 6.40. The molecule has 32 heavy (non-hydrogen) atoms. The molecule has 0 atom stereocenters. The van der Waals surface area contributed by atoms with Crippen LogP contribution in [0.5, 0.6) is 0 Å².